The Labute approximate surface area is 176 Å². The topological polar surface area (TPSA) is 74.4 Å². The van der Waals surface area contributed by atoms with E-state index in [0.717, 1.165) is 39.0 Å². The van der Waals surface area contributed by atoms with Gasteiger partial charge < -0.3 is 29.5 Å². The second kappa shape index (κ2) is 10.5. The monoisotopic (exact) mass is 414 g/mol. The van der Waals surface area contributed by atoms with Crippen LogP contribution in [0.3, 0.4) is 0 Å². The van der Waals surface area contributed by atoms with Gasteiger partial charge in [-0.3, -0.25) is 0 Å². The van der Waals surface area contributed by atoms with Crippen LogP contribution in [-0.2, 0) is 9.47 Å². The minimum Gasteiger partial charge on any atom is -0.444 e. The number of likely N-dealkylation sites (N-methyl/N-ethyl adjacent to an activating group) is 3. The summed E-state index contributed by atoms with van der Waals surface area (Å²) < 4.78 is 10.6. The van der Waals surface area contributed by atoms with Crippen molar-refractivity contribution in [3.8, 4) is 0 Å². The van der Waals surface area contributed by atoms with Crippen molar-refractivity contribution in [1.29, 1.82) is 0 Å². The number of nitrogens with one attached hydrogen (secondary N) is 1. The summed E-state index contributed by atoms with van der Waals surface area (Å²) in [6, 6.07) is 0.578. The molecule has 1 N–H and O–H groups in total. The van der Waals surface area contributed by atoms with E-state index in [-0.39, 0.29) is 18.2 Å². The second-order valence-electron chi connectivity index (χ2n) is 10.0. The first-order valence-corrected chi connectivity index (χ1v) is 10.5. The number of rotatable bonds is 2. The van der Waals surface area contributed by atoms with Gasteiger partial charge in [-0.15, -0.1) is 0 Å². The fourth-order valence-corrected chi connectivity index (χ4v) is 3.16. The molecule has 0 aromatic carbocycles. The van der Waals surface area contributed by atoms with Gasteiger partial charge in [-0.1, -0.05) is 0 Å². The summed E-state index contributed by atoms with van der Waals surface area (Å²) in [4.78, 5) is 29.0. The quantitative estimate of drug-likeness (QED) is 0.749. The van der Waals surface area contributed by atoms with Crippen molar-refractivity contribution >= 4 is 12.2 Å². The van der Waals surface area contributed by atoms with Gasteiger partial charge in [-0.05, 0) is 74.5 Å². The number of carbonyl (C=O) groups excluding carboxylic acids is 2. The van der Waals surface area contributed by atoms with E-state index in [1.807, 2.05) is 48.6 Å². The Morgan fingerprint density at radius 1 is 0.897 bits per heavy atom. The van der Waals surface area contributed by atoms with Crippen molar-refractivity contribution in [2.75, 3.05) is 47.3 Å². The third-order valence-electron chi connectivity index (χ3n) is 4.86. The Bertz CT molecular complexity index is 536. The van der Waals surface area contributed by atoms with Crippen LogP contribution in [0.2, 0.25) is 0 Å². The average molecular weight is 415 g/mol. The third kappa shape index (κ3) is 9.67. The molecule has 170 valence electrons. The Kier molecular flexibility index (Phi) is 9.21. The van der Waals surface area contributed by atoms with E-state index in [9.17, 15) is 9.59 Å². The van der Waals surface area contributed by atoms with Gasteiger partial charge in [0.2, 0.25) is 0 Å². The maximum atomic E-state index is 11.7. The number of nitrogens with zero attached hydrogens (tertiary/aromatic N) is 3. The zero-order chi connectivity index (χ0) is 22.4. The number of carbonyl (C=O) groups is 2. The lowest BCUT2D eigenvalue weighted by molar-refractivity contribution is 0.0222. The van der Waals surface area contributed by atoms with E-state index in [1.54, 1.807) is 16.8 Å². The molecule has 29 heavy (non-hydrogen) atoms. The van der Waals surface area contributed by atoms with E-state index in [2.05, 4.69) is 17.3 Å². The molecule has 8 heteroatoms. The van der Waals surface area contributed by atoms with E-state index < -0.39 is 11.2 Å². The van der Waals surface area contributed by atoms with Crippen molar-refractivity contribution in [2.45, 2.75) is 77.7 Å². The first kappa shape index (κ1) is 25.5. The first-order valence-electron chi connectivity index (χ1n) is 10.5. The molecular formula is C21H42N4O4. The highest BCUT2D eigenvalue weighted by Crippen LogP contribution is 2.16. The second-order valence-corrected chi connectivity index (χ2v) is 10.0. The minimum atomic E-state index is -0.407. The summed E-state index contributed by atoms with van der Waals surface area (Å²) in [6.45, 7) is 15.2. The molecule has 2 saturated heterocycles. The zero-order valence-corrected chi connectivity index (χ0v) is 19.9. The molecule has 2 heterocycles. The highest BCUT2D eigenvalue weighted by molar-refractivity contribution is 5.68. The van der Waals surface area contributed by atoms with Crippen LogP contribution in [0, 0.1) is 0 Å². The van der Waals surface area contributed by atoms with Gasteiger partial charge in [0.05, 0.1) is 0 Å². The Morgan fingerprint density at radius 3 is 1.72 bits per heavy atom. The van der Waals surface area contributed by atoms with E-state index in [0.29, 0.717) is 6.04 Å². The van der Waals surface area contributed by atoms with Crippen molar-refractivity contribution in [3.05, 3.63) is 0 Å². The normalized spacial score (nSPS) is 22.5. The van der Waals surface area contributed by atoms with E-state index >= 15 is 0 Å². The maximum Gasteiger partial charge on any atom is 0.410 e. The van der Waals surface area contributed by atoms with E-state index in [1.165, 1.54) is 0 Å². The van der Waals surface area contributed by atoms with Crippen molar-refractivity contribution < 1.29 is 19.1 Å². The zero-order valence-electron chi connectivity index (χ0n) is 19.9. The molecule has 2 rings (SSSR count). The van der Waals surface area contributed by atoms with Crippen LogP contribution >= 0.6 is 0 Å². The number of likely N-dealkylation sites (tertiary alicyclic amines) is 1. The predicted molar refractivity (Wildman–Crippen MR) is 115 cm³/mol. The molecule has 2 aliphatic heterocycles. The lowest BCUT2D eigenvalue weighted by atomic mass is 10.2. The lowest BCUT2D eigenvalue weighted by Crippen LogP contribution is -2.41. The summed E-state index contributed by atoms with van der Waals surface area (Å²) in [5, 5.41) is 3.22. The fraction of sp³-hybridized carbons (Fsp3) is 0.905. The van der Waals surface area contributed by atoms with E-state index in [4.69, 9.17) is 9.47 Å². The summed E-state index contributed by atoms with van der Waals surface area (Å²) in [5.74, 6) is 0. The molecule has 0 unspecified atom stereocenters. The van der Waals surface area contributed by atoms with Crippen LogP contribution in [0.25, 0.3) is 0 Å². The van der Waals surface area contributed by atoms with Gasteiger partial charge in [0.25, 0.3) is 0 Å². The van der Waals surface area contributed by atoms with Crippen LogP contribution in [0.5, 0.6) is 0 Å². The predicted octanol–water partition coefficient (Wildman–Crippen LogP) is 2.77. The number of ether oxygens (including phenoxy) is 2. The molecule has 0 bridgehead atoms. The van der Waals surface area contributed by atoms with Gasteiger partial charge in [0.15, 0.2) is 0 Å². The van der Waals surface area contributed by atoms with Gasteiger partial charge in [-0.2, -0.15) is 0 Å². The SMILES string of the molecule is CN(C(=O)OC(C)(C)C)[C@H]1CCNC1.CN1CC[C@H](N(C)C(=O)OC(C)(C)C)C1. The molecule has 2 atom stereocenters. The van der Waals surface area contributed by atoms with Crippen LogP contribution < -0.4 is 5.32 Å². The molecule has 0 aromatic rings. The smallest absolute Gasteiger partial charge is 0.410 e. The summed E-state index contributed by atoms with van der Waals surface area (Å²) in [6.07, 6.45) is 1.59. The van der Waals surface area contributed by atoms with Crippen molar-refractivity contribution in [1.82, 2.24) is 20.0 Å². The molecule has 2 amide bonds. The summed E-state index contributed by atoms with van der Waals surface area (Å²) >= 11 is 0. The van der Waals surface area contributed by atoms with Crippen LogP contribution in [0.15, 0.2) is 0 Å². The molecule has 0 aromatic heterocycles. The number of hydrogen-bond donors (Lipinski definition) is 1. The van der Waals surface area contributed by atoms with Crippen LogP contribution in [-0.4, -0.2) is 97.5 Å². The molecule has 0 aliphatic carbocycles. The van der Waals surface area contributed by atoms with Gasteiger partial charge in [0.1, 0.15) is 11.2 Å². The standard InChI is InChI=1S/C11H22N2O2.C10H20N2O2/c1-11(2,3)15-10(14)13(5)9-6-7-12(4)8-9;1-10(2,3)14-9(13)12(4)8-5-6-11-7-8/h9H,6-8H2,1-5H3;8,11H,5-7H2,1-4H3/t9-;8-/m00/s1. The van der Waals surface area contributed by atoms with Gasteiger partial charge in [-0.25, -0.2) is 9.59 Å². The number of amides is 2. The average Bonchev–Trinajstić information content (AvgIpc) is 3.22. The molecular weight excluding hydrogens is 372 g/mol. The van der Waals surface area contributed by atoms with Crippen LogP contribution in [0.4, 0.5) is 9.59 Å². The van der Waals surface area contributed by atoms with Gasteiger partial charge >= 0.3 is 12.2 Å². The molecule has 2 aliphatic rings. The molecule has 0 radical (unpaired) electrons. The fourth-order valence-electron chi connectivity index (χ4n) is 3.16. The minimum absolute atomic E-state index is 0.220. The maximum absolute atomic E-state index is 11.7. The lowest BCUT2D eigenvalue weighted by Gasteiger charge is -2.28. The summed E-state index contributed by atoms with van der Waals surface area (Å²) in [7, 11) is 5.69. The molecule has 0 spiro atoms. The van der Waals surface area contributed by atoms with Gasteiger partial charge in [0, 0.05) is 39.3 Å². The van der Waals surface area contributed by atoms with Crippen LogP contribution in [0.1, 0.15) is 54.4 Å². The third-order valence-corrected chi connectivity index (χ3v) is 4.86. The Hall–Kier alpha value is -1.54. The first-order chi connectivity index (χ1) is 13.2. The van der Waals surface area contributed by atoms with Crippen molar-refractivity contribution in [3.63, 3.8) is 0 Å². The highest BCUT2D eigenvalue weighted by Gasteiger charge is 2.29. The highest BCUT2D eigenvalue weighted by atomic mass is 16.6. The molecule has 0 saturated carbocycles. The largest absolute Gasteiger partial charge is 0.444 e. The number of hydrogen-bond acceptors (Lipinski definition) is 6. The summed E-state index contributed by atoms with van der Waals surface area (Å²) in [5.41, 5.74) is -0.812. The molecule has 8 nitrogen and oxygen atoms in total. The Morgan fingerprint density at radius 2 is 1.38 bits per heavy atom. The van der Waals surface area contributed by atoms with Crippen molar-refractivity contribution in [2.24, 2.45) is 0 Å². The molecule has 2 fully saturated rings. The Balaban J connectivity index is 0.000000291.